The number of hydrogen-bond acceptors (Lipinski definition) is 3. The summed E-state index contributed by atoms with van der Waals surface area (Å²) in [4.78, 5) is 4.73. The predicted molar refractivity (Wildman–Crippen MR) is 115 cm³/mol. The van der Waals surface area contributed by atoms with Gasteiger partial charge in [0.1, 0.15) is 0 Å². The second-order valence-electron chi connectivity index (χ2n) is 6.42. The van der Waals surface area contributed by atoms with Crippen LogP contribution in [0.25, 0.3) is 0 Å². The molecule has 0 bridgehead atoms. The monoisotopic (exact) mass is 383 g/mol. The SMILES string of the molecule is CCNC(=NCc1ccccc1COCc1ccccc1)NCCCOCC. The minimum Gasteiger partial charge on any atom is -0.382 e. The van der Waals surface area contributed by atoms with Crippen LogP contribution in [0.15, 0.2) is 59.6 Å². The Hall–Kier alpha value is -2.37. The average molecular weight is 384 g/mol. The highest BCUT2D eigenvalue weighted by molar-refractivity contribution is 5.79. The first-order chi connectivity index (χ1) is 13.8. The van der Waals surface area contributed by atoms with Crippen LogP contribution in [0, 0.1) is 0 Å². The van der Waals surface area contributed by atoms with Gasteiger partial charge in [0.25, 0.3) is 0 Å². The Morgan fingerprint density at radius 3 is 2.36 bits per heavy atom. The van der Waals surface area contributed by atoms with E-state index in [-0.39, 0.29) is 0 Å². The van der Waals surface area contributed by atoms with Crippen LogP contribution in [0.1, 0.15) is 37.0 Å². The maximum atomic E-state index is 5.91. The van der Waals surface area contributed by atoms with Crippen LogP contribution in [-0.2, 0) is 29.2 Å². The molecule has 2 N–H and O–H groups in total. The molecule has 0 aliphatic heterocycles. The quantitative estimate of drug-likeness (QED) is 0.332. The van der Waals surface area contributed by atoms with Gasteiger partial charge in [0.2, 0.25) is 0 Å². The first-order valence-corrected chi connectivity index (χ1v) is 10.1. The van der Waals surface area contributed by atoms with Crippen molar-refractivity contribution >= 4 is 5.96 Å². The fraction of sp³-hybridized carbons (Fsp3) is 0.435. The molecule has 0 atom stereocenters. The van der Waals surface area contributed by atoms with Crippen LogP contribution in [0.5, 0.6) is 0 Å². The number of nitrogens with zero attached hydrogens (tertiary/aromatic N) is 1. The molecule has 0 unspecified atom stereocenters. The summed E-state index contributed by atoms with van der Waals surface area (Å²) in [5.74, 6) is 0.832. The summed E-state index contributed by atoms with van der Waals surface area (Å²) in [6.45, 7) is 9.10. The second-order valence-corrected chi connectivity index (χ2v) is 6.42. The maximum Gasteiger partial charge on any atom is 0.191 e. The number of guanidine groups is 1. The fourth-order valence-corrected chi connectivity index (χ4v) is 2.74. The number of rotatable bonds is 12. The van der Waals surface area contributed by atoms with E-state index in [1.165, 1.54) is 16.7 Å². The normalized spacial score (nSPS) is 11.4. The first kappa shape index (κ1) is 21.9. The zero-order valence-corrected chi connectivity index (χ0v) is 17.1. The average Bonchev–Trinajstić information content (AvgIpc) is 2.73. The van der Waals surface area contributed by atoms with E-state index in [1.807, 2.05) is 37.3 Å². The van der Waals surface area contributed by atoms with E-state index in [2.05, 4.69) is 41.8 Å². The Morgan fingerprint density at radius 1 is 0.857 bits per heavy atom. The van der Waals surface area contributed by atoms with Gasteiger partial charge < -0.3 is 20.1 Å². The van der Waals surface area contributed by atoms with Crippen molar-refractivity contribution in [2.75, 3.05) is 26.3 Å². The lowest BCUT2D eigenvalue weighted by Crippen LogP contribution is -2.38. The third-order valence-corrected chi connectivity index (χ3v) is 4.20. The van der Waals surface area contributed by atoms with Crippen molar-refractivity contribution in [3.05, 3.63) is 71.3 Å². The van der Waals surface area contributed by atoms with Gasteiger partial charge in [-0.15, -0.1) is 0 Å². The molecule has 0 saturated carbocycles. The lowest BCUT2D eigenvalue weighted by atomic mass is 10.1. The van der Waals surface area contributed by atoms with Crippen molar-refractivity contribution < 1.29 is 9.47 Å². The first-order valence-electron chi connectivity index (χ1n) is 10.1. The van der Waals surface area contributed by atoms with Crippen LogP contribution in [0.4, 0.5) is 0 Å². The maximum absolute atomic E-state index is 5.91. The molecule has 0 aliphatic rings. The number of hydrogen-bond donors (Lipinski definition) is 2. The minimum atomic E-state index is 0.582. The standard InChI is InChI=1S/C23H33N3O2/c1-3-24-23(25-15-10-16-27-4-2)26-17-21-13-8-9-14-22(21)19-28-18-20-11-6-5-7-12-20/h5-9,11-14H,3-4,10,15-19H2,1-2H3,(H2,24,25,26). The van der Waals surface area contributed by atoms with Crippen molar-refractivity contribution in [2.24, 2.45) is 4.99 Å². The predicted octanol–water partition coefficient (Wildman–Crippen LogP) is 3.89. The van der Waals surface area contributed by atoms with Gasteiger partial charge in [-0.05, 0) is 37.0 Å². The number of nitrogens with one attached hydrogen (secondary N) is 2. The molecule has 2 aromatic carbocycles. The summed E-state index contributed by atoms with van der Waals surface area (Å²) < 4.78 is 11.3. The van der Waals surface area contributed by atoms with Crippen molar-refractivity contribution in [2.45, 2.75) is 40.0 Å². The molecule has 28 heavy (non-hydrogen) atoms. The summed E-state index contributed by atoms with van der Waals surface area (Å²) >= 11 is 0. The lowest BCUT2D eigenvalue weighted by molar-refractivity contribution is 0.106. The van der Waals surface area contributed by atoms with Gasteiger partial charge in [-0.3, -0.25) is 0 Å². The Bertz CT molecular complexity index is 689. The van der Waals surface area contributed by atoms with Crippen molar-refractivity contribution in [1.82, 2.24) is 10.6 Å². The zero-order chi connectivity index (χ0) is 19.9. The molecule has 5 nitrogen and oxygen atoms in total. The van der Waals surface area contributed by atoms with Gasteiger partial charge in [-0.1, -0.05) is 54.6 Å². The fourth-order valence-electron chi connectivity index (χ4n) is 2.74. The van der Waals surface area contributed by atoms with E-state index in [0.29, 0.717) is 19.8 Å². The molecule has 0 aromatic heterocycles. The largest absolute Gasteiger partial charge is 0.382 e. The molecule has 2 aromatic rings. The summed E-state index contributed by atoms with van der Waals surface area (Å²) in [6.07, 6.45) is 0.960. The molecule has 0 amide bonds. The van der Waals surface area contributed by atoms with E-state index < -0.39 is 0 Å². The molecule has 0 radical (unpaired) electrons. The Labute approximate surface area is 169 Å². The molecule has 0 saturated heterocycles. The van der Waals surface area contributed by atoms with E-state index in [0.717, 1.165) is 38.7 Å². The highest BCUT2D eigenvalue weighted by atomic mass is 16.5. The second kappa shape index (κ2) is 13.7. The van der Waals surface area contributed by atoms with Gasteiger partial charge in [0.05, 0.1) is 19.8 Å². The number of aliphatic imine (C=N–C) groups is 1. The smallest absolute Gasteiger partial charge is 0.191 e. The molecule has 0 spiro atoms. The lowest BCUT2D eigenvalue weighted by Gasteiger charge is -2.13. The van der Waals surface area contributed by atoms with Crippen LogP contribution >= 0.6 is 0 Å². The van der Waals surface area contributed by atoms with E-state index in [1.54, 1.807) is 0 Å². The van der Waals surface area contributed by atoms with Crippen molar-refractivity contribution in [1.29, 1.82) is 0 Å². The van der Waals surface area contributed by atoms with Crippen LogP contribution in [-0.4, -0.2) is 32.3 Å². The van der Waals surface area contributed by atoms with Crippen molar-refractivity contribution in [3.8, 4) is 0 Å². The molecule has 0 aliphatic carbocycles. The van der Waals surface area contributed by atoms with Crippen LogP contribution in [0.2, 0.25) is 0 Å². The number of benzene rings is 2. The highest BCUT2D eigenvalue weighted by Gasteiger charge is 2.03. The molecular formula is C23H33N3O2. The van der Waals surface area contributed by atoms with Gasteiger partial charge >= 0.3 is 0 Å². The van der Waals surface area contributed by atoms with E-state index in [9.17, 15) is 0 Å². The zero-order valence-electron chi connectivity index (χ0n) is 17.1. The third-order valence-electron chi connectivity index (χ3n) is 4.20. The van der Waals surface area contributed by atoms with Gasteiger partial charge in [0.15, 0.2) is 5.96 Å². The summed E-state index contributed by atoms with van der Waals surface area (Å²) in [7, 11) is 0. The van der Waals surface area contributed by atoms with Gasteiger partial charge in [-0.25, -0.2) is 4.99 Å². The summed E-state index contributed by atoms with van der Waals surface area (Å²) in [5, 5.41) is 6.66. The summed E-state index contributed by atoms with van der Waals surface area (Å²) in [6, 6.07) is 18.6. The Kier molecular flexibility index (Phi) is 10.8. The van der Waals surface area contributed by atoms with E-state index >= 15 is 0 Å². The topological polar surface area (TPSA) is 54.9 Å². The molecule has 0 heterocycles. The Balaban J connectivity index is 1.87. The molecule has 152 valence electrons. The number of ether oxygens (including phenoxy) is 2. The highest BCUT2D eigenvalue weighted by Crippen LogP contribution is 2.13. The summed E-state index contributed by atoms with van der Waals surface area (Å²) in [5.41, 5.74) is 3.54. The molecule has 2 rings (SSSR count). The minimum absolute atomic E-state index is 0.582. The Morgan fingerprint density at radius 2 is 1.61 bits per heavy atom. The third kappa shape index (κ3) is 8.55. The van der Waals surface area contributed by atoms with Crippen molar-refractivity contribution in [3.63, 3.8) is 0 Å². The molecular weight excluding hydrogens is 350 g/mol. The van der Waals surface area contributed by atoms with E-state index in [4.69, 9.17) is 14.5 Å². The van der Waals surface area contributed by atoms with Gasteiger partial charge in [-0.2, -0.15) is 0 Å². The van der Waals surface area contributed by atoms with Crippen LogP contribution < -0.4 is 10.6 Å². The molecule has 5 heteroatoms. The van der Waals surface area contributed by atoms with Crippen LogP contribution in [0.3, 0.4) is 0 Å². The van der Waals surface area contributed by atoms with Gasteiger partial charge in [0, 0.05) is 26.3 Å². The molecule has 0 fully saturated rings.